The van der Waals surface area contributed by atoms with E-state index >= 15 is 0 Å². The third-order valence-corrected chi connectivity index (χ3v) is 4.96. The zero-order chi connectivity index (χ0) is 13.0. The summed E-state index contributed by atoms with van der Waals surface area (Å²) in [7, 11) is 0. The SMILES string of the molecule is CCCCN(CC1CC(CC)CCC1O)C1CC1. The molecule has 0 heterocycles. The van der Waals surface area contributed by atoms with Crippen LogP contribution in [0, 0.1) is 11.8 Å². The normalized spacial score (nSPS) is 33.0. The third-order valence-electron chi connectivity index (χ3n) is 4.96. The van der Waals surface area contributed by atoms with E-state index in [1.807, 2.05) is 0 Å². The maximum absolute atomic E-state index is 10.2. The Bertz CT molecular complexity index is 239. The van der Waals surface area contributed by atoms with Gasteiger partial charge in [0.25, 0.3) is 0 Å². The quantitative estimate of drug-likeness (QED) is 0.751. The monoisotopic (exact) mass is 253 g/mol. The first-order valence-corrected chi connectivity index (χ1v) is 8.16. The van der Waals surface area contributed by atoms with E-state index in [-0.39, 0.29) is 6.10 Å². The Hall–Kier alpha value is -0.0800. The molecule has 106 valence electrons. The molecule has 0 saturated heterocycles. The summed E-state index contributed by atoms with van der Waals surface area (Å²) < 4.78 is 0. The number of rotatable bonds is 7. The van der Waals surface area contributed by atoms with Crippen LogP contribution in [0.5, 0.6) is 0 Å². The van der Waals surface area contributed by atoms with Crippen molar-refractivity contribution in [3.05, 3.63) is 0 Å². The molecule has 2 rings (SSSR count). The summed E-state index contributed by atoms with van der Waals surface area (Å²) in [6.07, 6.45) is 10.2. The summed E-state index contributed by atoms with van der Waals surface area (Å²) in [6.45, 7) is 6.98. The Morgan fingerprint density at radius 3 is 2.50 bits per heavy atom. The Kier molecular flexibility index (Phi) is 5.50. The number of unbranched alkanes of at least 4 members (excludes halogenated alkanes) is 1. The lowest BCUT2D eigenvalue weighted by Gasteiger charge is -2.36. The van der Waals surface area contributed by atoms with Crippen LogP contribution in [0.3, 0.4) is 0 Å². The molecule has 2 aliphatic rings. The standard InChI is InChI=1S/C16H31NO/c1-3-5-10-17(15-7-8-15)12-14-11-13(4-2)6-9-16(14)18/h13-16,18H,3-12H2,1-2H3. The lowest BCUT2D eigenvalue weighted by atomic mass is 9.78. The molecule has 2 aliphatic carbocycles. The van der Waals surface area contributed by atoms with Gasteiger partial charge < -0.3 is 10.0 Å². The van der Waals surface area contributed by atoms with Gasteiger partial charge in [0.15, 0.2) is 0 Å². The maximum Gasteiger partial charge on any atom is 0.0580 e. The van der Waals surface area contributed by atoms with Crippen LogP contribution in [0.25, 0.3) is 0 Å². The topological polar surface area (TPSA) is 23.5 Å². The molecule has 0 aliphatic heterocycles. The molecule has 2 heteroatoms. The zero-order valence-corrected chi connectivity index (χ0v) is 12.3. The van der Waals surface area contributed by atoms with Crippen molar-refractivity contribution >= 4 is 0 Å². The molecule has 3 unspecified atom stereocenters. The molecule has 1 N–H and O–H groups in total. The van der Waals surface area contributed by atoms with Crippen molar-refractivity contribution in [1.82, 2.24) is 4.90 Å². The summed E-state index contributed by atoms with van der Waals surface area (Å²) in [6, 6.07) is 0.853. The average molecular weight is 253 g/mol. The van der Waals surface area contributed by atoms with Gasteiger partial charge in [-0.15, -0.1) is 0 Å². The molecule has 0 bridgehead atoms. The fourth-order valence-electron chi connectivity index (χ4n) is 3.44. The summed E-state index contributed by atoms with van der Waals surface area (Å²) in [4.78, 5) is 2.68. The Morgan fingerprint density at radius 1 is 1.11 bits per heavy atom. The third kappa shape index (κ3) is 3.96. The first kappa shape index (κ1) is 14.3. The Morgan fingerprint density at radius 2 is 1.89 bits per heavy atom. The van der Waals surface area contributed by atoms with E-state index in [0.717, 1.165) is 24.9 Å². The highest BCUT2D eigenvalue weighted by Gasteiger charge is 2.34. The van der Waals surface area contributed by atoms with Gasteiger partial charge in [-0.1, -0.05) is 26.7 Å². The fourth-order valence-corrected chi connectivity index (χ4v) is 3.44. The molecule has 18 heavy (non-hydrogen) atoms. The number of nitrogens with zero attached hydrogens (tertiary/aromatic N) is 1. The van der Waals surface area contributed by atoms with Gasteiger partial charge in [0.2, 0.25) is 0 Å². The van der Waals surface area contributed by atoms with E-state index in [4.69, 9.17) is 0 Å². The van der Waals surface area contributed by atoms with Crippen molar-refractivity contribution in [2.24, 2.45) is 11.8 Å². The van der Waals surface area contributed by atoms with E-state index in [2.05, 4.69) is 18.7 Å². The van der Waals surface area contributed by atoms with Crippen molar-refractivity contribution in [2.45, 2.75) is 77.4 Å². The van der Waals surface area contributed by atoms with E-state index in [0.29, 0.717) is 5.92 Å². The zero-order valence-electron chi connectivity index (χ0n) is 12.3. The average Bonchev–Trinajstić information content (AvgIpc) is 3.21. The molecule has 0 spiro atoms. The van der Waals surface area contributed by atoms with Gasteiger partial charge in [-0.25, -0.2) is 0 Å². The summed E-state index contributed by atoms with van der Waals surface area (Å²) in [5.41, 5.74) is 0. The molecule has 0 amide bonds. The summed E-state index contributed by atoms with van der Waals surface area (Å²) >= 11 is 0. The van der Waals surface area contributed by atoms with Crippen LogP contribution in [-0.2, 0) is 0 Å². The van der Waals surface area contributed by atoms with Crippen molar-refractivity contribution < 1.29 is 5.11 Å². The maximum atomic E-state index is 10.2. The van der Waals surface area contributed by atoms with Crippen LogP contribution in [0.4, 0.5) is 0 Å². The molecule has 0 aromatic rings. The minimum atomic E-state index is -0.0318. The van der Waals surface area contributed by atoms with Crippen LogP contribution in [-0.4, -0.2) is 35.2 Å². The molecule has 2 nitrogen and oxygen atoms in total. The highest BCUT2D eigenvalue weighted by Crippen LogP contribution is 2.34. The van der Waals surface area contributed by atoms with Gasteiger partial charge in [0.1, 0.15) is 0 Å². The van der Waals surface area contributed by atoms with E-state index in [9.17, 15) is 5.11 Å². The first-order valence-electron chi connectivity index (χ1n) is 8.16. The van der Waals surface area contributed by atoms with Crippen molar-refractivity contribution in [3.8, 4) is 0 Å². The Balaban J connectivity index is 1.83. The van der Waals surface area contributed by atoms with Gasteiger partial charge in [0.05, 0.1) is 6.10 Å². The number of aliphatic hydroxyl groups is 1. The van der Waals surface area contributed by atoms with Gasteiger partial charge in [-0.2, -0.15) is 0 Å². The van der Waals surface area contributed by atoms with Crippen LogP contribution in [0.15, 0.2) is 0 Å². The number of aliphatic hydroxyl groups excluding tert-OH is 1. The van der Waals surface area contributed by atoms with Gasteiger partial charge in [-0.05, 0) is 56.9 Å². The van der Waals surface area contributed by atoms with E-state index < -0.39 is 0 Å². The largest absolute Gasteiger partial charge is 0.393 e. The van der Waals surface area contributed by atoms with E-state index in [1.165, 1.54) is 51.5 Å². The molecular formula is C16H31NO. The molecule has 0 aromatic carbocycles. The number of hydrogen-bond donors (Lipinski definition) is 1. The van der Waals surface area contributed by atoms with Crippen molar-refractivity contribution in [3.63, 3.8) is 0 Å². The predicted octanol–water partition coefficient (Wildman–Crippen LogP) is 3.44. The first-order chi connectivity index (χ1) is 8.74. The van der Waals surface area contributed by atoms with Gasteiger partial charge >= 0.3 is 0 Å². The van der Waals surface area contributed by atoms with Crippen LogP contribution in [0.2, 0.25) is 0 Å². The number of hydrogen-bond acceptors (Lipinski definition) is 2. The van der Waals surface area contributed by atoms with Crippen LogP contribution in [0.1, 0.15) is 65.2 Å². The van der Waals surface area contributed by atoms with Gasteiger partial charge in [-0.3, -0.25) is 0 Å². The lowest BCUT2D eigenvalue weighted by Crippen LogP contribution is -2.40. The minimum absolute atomic E-state index is 0.0318. The van der Waals surface area contributed by atoms with Crippen molar-refractivity contribution in [1.29, 1.82) is 0 Å². The minimum Gasteiger partial charge on any atom is -0.393 e. The second kappa shape index (κ2) is 6.91. The highest BCUT2D eigenvalue weighted by molar-refractivity contribution is 4.88. The predicted molar refractivity (Wildman–Crippen MR) is 76.6 cm³/mol. The summed E-state index contributed by atoms with van der Waals surface area (Å²) in [5.74, 6) is 1.41. The van der Waals surface area contributed by atoms with Crippen molar-refractivity contribution in [2.75, 3.05) is 13.1 Å². The molecule has 2 fully saturated rings. The molecule has 0 radical (unpaired) electrons. The van der Waals surface area contributed by atoms with Gasteiger partial charge in [0, 0.05) is 12.6 Å². The molecule has 0 aromatic heterocycles. The van der Waals surface area contributed by atoms with Crippen LogP contribution >= 0.6 is 0 Å². The second-order valence-electron chi connectivity index (χ2n) is 6.49. The molecule has 3 atom stereocenters. The summed E-state index contributed by atoms with van der Waals surface area (Å²) in [5, 5.41) is 10.2. The van der Waals surface area contributed by atoms with Crippen LogP contribution < -0.4 is 0 Å². The highest BCUT2D eigenvalue weighted by atomic mass is 16.3. The van der Waals surface area contributed by atoms with E-state index in [1.54, 1.807) is 0 Å². The smallest absolute Gasteiger partial charge is 0.0580 e. The molecular weight excluding hydrogens is 222 g/mol. The second-order valence-corrected chi connectivity index (χ2v) is 6.49. The Labute approximate surface area is 113 Å². The fraction of sp³-hybridized carbons (Fsp3) is 1.00. The lowest BCUT2D eigenvalue weighted by molar-refractivity contribution is 0.0249. The molecule has 2 saturated carbocycles.